The van der Waals surface area contributed by atoms with Gasteiger partial charge in [-0.2, -0.15) is 0 Å². The summed E-state index contributed by atoms with van der Waals surface area (Å²) >= 11 is 3.38. The summed E-state index contributed by atoms with van der Waals surface area (Å²) in [6.45, 7) is 15.8. The van der Waals surface area contributed by atoms with E-state index in [0.29, 0.717) is 11.4 Å². The Bertz CT molecular complexity index is 1200. The van der Waals surface area contributed by atoms with Crippen LogP contribution in [0.15, 0.2) is 60.9 Å². The molecule has 0 atom stereocenters. The molecule has 0 spiro atoms. The summed E-state index contributed by atoms with van der Waals surface area (Å²) in [5, 5.41) is 2.97. The largest absolute Gasteiger partial charge is 0.257 e. The molecule has 27 heavy (non-hydrogen) atoms. The lowest BCUT2D eigenvalue weighted by Crippen LogP contribution is -1.82. The van der Waals surface area contributed by atoms with Crippen molar-refractivity contribution in [1.82, 2.24) is 9.97 Å². The number of rotatable bonds is 1. The second-order valence-corrected chi connectivity index (χ2v) is 6.53. The highest BCUT2D eigenvalue weighted by atomic mass is 79.9. The molecule has 4 aromatic rings. The van der Waals surface area contributed by atoms with Gasteiger partial charge in [-0.15, -0.1) is 0 Å². The number of alkyl halides is 1. The zero-order valence-corrected chi connectivity index (χ0v) is 16.2. The fraction of sp³-hybridized carbons (Fsp3) is 0.0909. The van der Waals surface area contributed by atoms with E-state index >= 15 is 0 Å². The summed E-state index contributed by atoms with van der Waals surface area (Å²) in [7, 11) is 0. The van der Waals surface area contributed by atoms with Gasteiger partial charge in [-0.1, -0.05) is 40.2 Å². The molecule has 0 aliphatic carbocycles. The Kier molecular flexibility index (Phi) is 5.76. The van der Waals surface area contributed by atoms with Gasteiger partial charge in [-0.3, -0.25) is 9.97 Å². The first-order valence-electron chi connectivity index (χ1n) is 8.19. The zero-order valence-electron chi connectivity index (χ0n) is 14.6. The smallest absolute Gasteiger partial charge is 0.189 e. The van der Waals surface area contributed by atoms with Crippen molar-refractivity contribution >= 4 is 49.1 Å². The molecule has 0 unspecified atom stereocenters. The zero-order chi connectivity index (χ0) is 19.2. The molecule has 130 valence electrons. The molecule has 4 nitrogen and oxygen atoms in total. The van der Waals surface area contributed by atoms with Crippen LogP contribution < -0.4 is 0 Å². The van der Waals surface area contributed by atoms with E-state index in [0.717, 1.165) is 38.3 Å². The number of pyridine rings is 2. The Labute approximate surface area is 166 Å². The van der Waals surface area contributed by atoms with Crippen LogP contribution in [0.2, 0.25) is 0 Å². The van der Waals surface area contributed by atoms with E-state index < -0.39 is 0 Å². The highest BCUT2D eigenvalue weighted by molar-refractivity contribution is 9.08. The van der Waals surface area contributed by atoms with Crippen LogP contribution in [0.5, 0.6) is 0 Å². The predicted molar refractivity (Wildman–Crippen MR) is 113 cm³/mol. The lowest BCUT2D eigenvalue weighted by atomic mass is 10.1. The highest BCUT2D eigenvalue weighted by Crippen LogP contribution is 2.21. The van der Waals surface area contributed by atoms with Crippen LogP contribution in [0, 0.1) is 20.1 Å². The molecule has 0 radical (unpaired) electrons. The number of benzene rings is 2. The Morgan fingerprint density at radius 1 is 0.815 bits per heavy atom. The summed E-state index contributed by atoms with van der Waals surface area (Å²) in [4.78, 5) is 15.3. The molecular weight excluding hydrogens is 400 g/mol. The minimum atomic E-state index is 0.636. The second kappa shape index (κ2) is 8.40. The maximum Gasteiger partial charge on any atom is 0.189 e. The molecule has 2 heterocycles. The van der Waals surface area contributed by atoms with E-state index in [-0.39, 0.29) is 0 Å². The van der Waals surface area contributed by atoms with Gasteiger partial charge in [0.05, 0.1) is 24.2 Å². The number of hydrogen-bond acceptors (Lipinski definition) is 2. The molecule has 4 rings (SSSR count). The molecule has 0 aliphatic rings. The normalized spacial score (nSPS) is 9.93. The third-order valence-electron chi connectivity index (χ3n) is 3.94. The lowest BCUT2D eigenvalue weighted by molar-refractivity contribution is 1.32. The Morgan fingerprint density at radius 2 is 1.37 bits per heavy atom. The van der Waals surface area contributed by atoms with Gasteiger partial charge in [0.25, 0.3) is 0 Å². The fourth-order valence-corrected chi connectivity index (χ4v) is 2.89. The van der Waals surface area contributed by atoms with Crippen LogP contribution in [0.4, 0.5) is 11.4 Å². The molecule has 0 aliphatic heterocycles. The number of nitrogens with zero attached hydrogens (tertiary/aromatic N) is 4. The predicted octanol–water partition coefficient (Wildman–Crippen LogP) is 6.77. The SMILES string of the molecule is [C-]#[N+]c1ccc2cc(C)cnc2c1.[C-]#[N+]c1ccc2cc(CBr)cnc2c1. The van der Waals surface area contributed by atoms with Crippen molar-refractivity contribution in [3.8, 4) is 0 Å². The maximum atomic E-state index is 6.89. The number of aryl methyl sites for hydroxylation is 1. The number of hydrogen-bond donors (Lipinski definition) is 0. The van der Waals surface area contributed by atoms with Gasteiger partial charge in [0.1, 0.15) is 0 Å². The summed E-state index contributed by atoms with van der Waals surface area (Å²) < 4.78 is 0. The Morgan fingerprint density at radius 3 is 1.93 bits per heavy atom. The molecule has 0 bridgehead atoms. The van der Waals surface area contributed by atoms with Crippen molar-refractivity contribution < 1.29 is 0 Å². The minimum Gasteiger partial charge on any atom is -0.257 e. The third kappa shape index (κ3) is 4.47. The standard InChI is InChI=1S/C11H7BrN2.C11H8N2/c1-13-10-3-2-9-4-8(6-12)7-14-11(9)5-10;1-8-5-9-3-4-10(12-2)6-11(9)13-7-8/h2-5,7H,6H2;3-7H,1H3. The monoisotopic (exact) mass is 414 g/mol. The minimum absolute atomic E-state index is 0.636. The number of halogens is 1. The lowest BCUT2D eigenvalue weighted by Gasteiger charge is -1.99. The van der Waals surface area contributed by atoms with E-state index in [1.165, 1.54) is 0 Å². The van der Waals surface area contributed by atoms with Crippen molar-refractivity contribution in [3.05, 3.63) is 94.9 Å². The van der Waals surface area contributed by atoms with E-state index in [1.54, 1.807) is 6.07 Å². The molecule has 5 heteroatoms. The second-order valence-electron chi connectivity index (χ2n) is 5.97. The van der Waals surface area contributed by atoms with E-state index in [1.807, 2.05) is 49.6 Å². The van der Waals surface area contributed by atoms with Crippen molar-refractivity contribution in [1.29, 1.82) is 0 Å². The number of fused-ring (bicyclic) bond motifs is 2. The molecule has 0 saturated heterocycles. The molecule has 2 aromatic heterocycles. The van der Waals surface area contributed by atoms with Gasteiger partial charge in [0, 0.05) is 17.7 Å². The van der Waals surface area contributed by atoms with Gasteiger partial charge >= 0.3 is 0 Å². The third-order valence-corrected chi connectivity index (χ3v) is 4.59. The average molecular weight is 415 g/mol. The van der Waals surface area contributed by atoms with Crippen molar-refractivity contribution in [2.45, 2.75) is 12.3 Å². The van der Waals surface area contributed by atoms with Crippen molar-refractivity contribution in [3.63, 3.8) is 0 Å². The first-order chi connectivity index (χ1) is 13.1. The van der Waals surface area contributed by atoms with Gasteiger partial charge in [0.15, 0.2) is 11.4 Å². The Balaban J connectivity index is 0.000000156. The van der Waals surface area contributed by atoms with Gasteiger partial charge in [0.2, 0.25) is 0 Å². The van der Waals surface area contributed by atoms with E-state index in [9.17, 15) is 0 Å². The van der Waals surface area contributed by atoms with Crippen molar-refractivity contribution in [2.75, 3.05) is 0 Å². The van der Waals surface area contributed by atoms with Crippen LogP contribution in [0.1, 0.15) is 11.1 Å². The average Bonchev–Trinajstić information content (AvgIpc) is 2.73. The van der Waals surface area contributed by atoms with Gasteiger partial charge in [-0.05, 0) is 53.1 Å². The summed E-state index contributed by atoms with van der Waals surface area (Å²) in [6.07, 6.45) is 3.64. The quantitative estimate of drug-likeness (QED) is 0.254. The molecule has 0 amide bonds. The molecule has 0 saturated carbocycles. The van der Waals surface area contributed by atoms with Crippen LogP contribution >= 0.6 is 15.9 Å². The van der Waals surface area contributed by atoms with E-state index in [2.05, 4.69) is 47.7 Å². The highest BCUT2D eigenvalue weighted by Gasteiger charge is 1.98. The van der Waals surface area contributed by atoms with Crippen LogP contribution in [0.3, 0.4) is 0 Å². The summed E-state index contributed by atoms with van der Waals surface area (Å²) in [5.41, 5.74) is 5.33. The summed E-state index contributed by atoms with van der Waals surface area (Å²) in [5.74, 6) is 0. The Hall–Kier alpha value is -3.28. The van der Waals surface area contributed by atoms with E-state index in [4.69, 9.17) is 13.1 Å². The van der Waals surface area contributed by atoms with Gasteiger partial charge in [-0.25, -0.2) is 9.69 Å². The maximum absolute atomic E-state index is 6.89. The first-order valence-corrected chi connectivity index (χ1v) is 9.31. The molecule has 2 aromatic carbocycles. The summed E-state index contributed by atoms with van der Waals surface area (Å²) in [6, 6.07) is 15.2. The van der Waals surface area contributed by atoms with Crippen molar-refractivity contribution in [2.24, 2.45) is 0 Å². The van der Waals surface area contributed by atoms with Gasteiger partial charge < -0.3 is 0 Å². The van der Waals surface area contributed by atoms with Crippen LogP contribution in [-0.4, -0.2) is 9.97 Å². The fourth-order valence-electron chi connectivity index (χ4n) is 2.59. The first kappa shape index (κ1) is 18.5. The van der Waals surface area contributed by atoms with Crippen LogP contribution in [-0.2, 0) is 5.33 Å². The molecular formula is C22H15BrN4. The topological polar surface area (TPSA) is 34.5 Å². The molecule has 0 N–H and O–H groups in total. The van der Waals surface area contributed by atoms with Crippen LogP contribution in [0.25, 0.3) is 31.5 Å². The molecule has 0 fully saturated rings. The number of aromatic nitrogens is 2.